The van der Waals surface area contributed by atoms with Crippen LogP contribution in [-0.2, 0) is 11.2 Å². The number of H-pyrrole nitrogens is 1. The molecule has 0 atom stereocenters. The lowest BCUT2D eigenvalue weighted by Crippen LogP contribution is -2.26. The normalized spacial score (nSPS) is 10.9. The summed E-state index contributed by atoms with van der Waals surface area (Å²) in [5.74, 6) is 0.379. The van der Waals surface area contributed by atoms with Gasteiger partial charge in [0.25, 0.3) is 0 Å². The van der Waals surface area contributed by atoms with E-state index in [-0.39, 0.29) is 5.97 Å². The first-order valence-corrected chi connectivity index (χ1v) is 7.92. The van der Waals surface area contributed by atoms with Gasteiger partial charge in [-0.15, -0.1) is 13.2 Å². The highest BCUT2D eigenvalue weighted by atomic mass is 16.5. The molecule has 2 aromatic rings. The fraction of sp³-hybridized carbons (Fsp3) is 0.316. The van der Waals surface area contributed by atoms with Gasteiger partial charge in [0.2, 0.25) is 0 Å². The largest absolute Gasteiger partial charge is 0.427 e. The number of aromatic nitrogens is 1. The number of nitrogens with zero attached hydrogens (tertiary/aromatic N) is 1. The molecule has 0 amide bonds. The van der Waals surface area contributed by atoms with Gasteiger partial charge in [-0.05, 0) is 30.2 Å². The first kappa shape index (κ1) is 17.0. The molecule has 4 nitrogen and oxygen atoms in total. The number of aromatic amines is 1. The topological polar surface area (TPSA) is 45.3 Å². The number of carbonyl (C=O) groups is 1. The molecule has 0 aliphatic carbocycles. The Morgan fingerprint density at radius 3 is 2.70 bits per heavy atom. The molecule has 1 aromatic carbocycles. The standard InChI is InChI=1S/C19H24N2O2/c1-4-10-21(11-5-2)12-9-15-14-20-18-8-7-16(13-17(15)18)23-19(22)6-3/h4-5,7-8,13-14,20H,1-2,6,9-12H2,3H3. The van der Waals surface area contributed by atoms with Crippen LogP contribution in [0.3, 0.4) is 0 Å². The van der Waals surface area contributed by atoms with E-state index in [1.165, 1.54) is 5.56 Å². The van der Waals surface area contributed by atoms with Crippen LogP contribution in [0.15, 0.2) is 49.7 Å². The number of ether oxygens (including phenoxy) is 1. The Bertz CT molecular complexity index is 678. The molecule has 0 radical (unpaired) electrons. The third-order valence-corrected chi connectivity index (χ3v) is 3.73. The zero-order valence-corrected chi connectivity index (χ0v) is 13.7. The number of hydrogen-bond acceptors (Lipinski definition) is 3. The highest BCUT2D eigenvalue weighted by Crippen LogP contribution is 2.24. The number of rotatable bonds is 9. The molecule has 0 aliphatic rings. The van der Waals surface area contributed by atoms with Crippen molar-refractivity contribution in [3.8, 4) is 5.75 Å². The van der Waals surface area contributed by atoms with Crippen molar-refractivity contribution in [2.75, 3.05) is 19.6 Å². The maximum Gasteiger partial charge on any atom is 0.310 e. The molecule has 0 bridgehead atoms. The number of esters is 1. The van der Waals surface area contributed by atoms with Crippen molar-refractivity contribution in [3.63, 3.8) is 0 Å². The number of carbonyl (C=O) groups excluding carboxylic acids is 1. The molecule has 1 heterocycles. The Hall–Kier alpha value is -2.33. The van der Waals surface area contributed by atoms with Crippen LogP contribution in [0.2, 0.25) is 0 Å². The highest BCUT2D eigenvalue weighted by Gasteiger charge is 2.09. The van der Waals surface area contributed by atoms with E-state index in [2.05, 4.69) is 23.0 Å². The maximum atomic E-state index is 11.4. The molecule has 1 N–H and O–H groups in total. The molecule has 0 aliphatic heterocycles. The smallest absolute Gasteiger partial charge is 0.310 e. The quantitative estimate of drug-likeness (QED) is 0.436. The van der Waals surface area contributed by atoms with Crippen molar-refractivity contribution in [1.29, 1.82) is 0 Å². The SMILES string of the molecule is C=CCN(CC=C)CCc1c[nH]c2ccc(OC(=O)CC)cc12. The average molecular weight is 312 g/mol. The first-order valence-electron chi connectivity index (χ1n) is 7.92. The van der Waals surface area contributed by atoms with Gasteiger partial charge in [0.1, 0.15) is 5.75 Å². The Balaban J connectivity index is 2.13. The lowest BCUT2D eigenvalue weighted by molar-refractivity contribution is -0.134. The lowest BCUT2D eigenvalue weighted by atomic mass is 10.1. The molecular formula is C19H24N2O2. The summed E-state index contributed by atoms with van der Waals surface area (Å²) in [5.41, 5.74) is 2.27. The van der Waals surface area contributed by atoms with E-state index in [1.54, 1.807) is 6.92 Å². The average Bonchev–Trinajstić information content (AvgIpc) is 2.95. The molecule has 2 rings (SSSR count). The summed E-state index contributed by atoms with van der Waals surface area (Å²) >= 11 is 0. The van der Waals surface area contributed by atoms with Crippen LogP contribution in [0.25, 0.3) is 10.9 Å². The van der Waals surface area contributed by atoms with Crippen LogP contribution in [0.4, 0.5) is 0 Å². The van der Waals surface area contributed by atoms with Gasteiger partial charge in [-0.1, -0.05) is 19.1 Å². The number of nitrogens with one attached hydrogen (secondary N) is 1. The van der Waals surface area contributed by atoms with E-state index in [4.69, 9.17) is 4.74 Å². The minimum absolute atomic E-state index is 0.218. The van der Waals surface area contributed by atoms with E-state index in [9.17, 15) is 4.79 Å². The van der Waals surface area contributed by atoms with Crippen LogP contribution >= 0.6 is 0 Å². The van der Waals surface area contributed by atoms with Crippen LogP contribution in [0.1, 0.15) is 18.9 Å². The van der Waals surface area contributed by atoms with Crippen molar-refractivity contribution in [3.05, 3.63) is 55.3 Å². The molecule has 1 aromatic heterocycles. The second kappa shape index (κ2) is 8.34. The minimum atomic E-state index is -0.218. The molecule has 122 valence electrons. The molecule has 0 saturated heterocycles. The van der Waals surface area contributed by atoms with Gasteiger partial charge in [-0.2, -0.15) is 0 Å². The van der Waals surface area contributed by atoms with E-state index < -0.39 is 0 Å². The molecular weight excluding hydrogens is 288 g/mol. The zero-order valence-electron chi connectivity index (χ0n) is 13.7. The molecule has 0 spiro atoms. The highest BCUT2D eigenvalue weighted by molar-refractivity contribution is 5.85. The fourth-order valence-corrected chi connectivity index (χ4v) is 2.53. The summed E-state index contributed by atoms with van der Waals surface area (Å²) in [4.78, 5) is 17.0. The van der Waals surface area contributed by atoms with Gasteiger partial charge in [0, 0.05) is 43.2 Å². The molecule has 4 heteroatoms. The minimum Gasteiger partial charge on any atom is -0.427 e. The van der Waals surface area contributed by atoms with Crippen LogP contribution in [0, 0.1) is 0 Å². The van der Waals surface area contributed by atoms with E-state index in [0.717, 1.165) is 37.0 Å². The third kappa shape index (κ3) is 4.57. The Morgan fingerprint density at radius 1 is 1.30 bits per heavy atom. The second-order valence-electron chi connectivity index (χ2n) is 5.44. The summed E-state index contributed by atoms with van der Waals surface area (Å²) in [6, 6.07) is 5.69. The van der Waals surface area contributed by atoms with Gasteiger partial charge in [0.15, 0.2) is 0 Å². The first-order chi connectivity index (χ1) is 11.2. The number of fused-ring (bicyclic) bond motifs is 1. The van der Waals surface area contributed by atoms with Crippen molar-refractivity contribution >= 4 is 16.9 Å². The summed E-state index contributed by atoms with van der Waals surface area (Å²) < 4.78 is 5.31. The van der Waals surface area contributed by atoms with E-state index in [1.807, 2.05) is 36.5 Å². The van der Waals surface area contributed by atoms with Crippen molar-refractivity contribution in [2.24, 2.45) is 0 Å². The van der Waals surface area contributed by atoms with Crippen molar-refractivity contribution in [2.45, 2.75) is 19.8 Å². The Labute approximate surface area is 137 Å². The zero-order chi connectivity index (χ0) is 16.7. The number of hydrogen-bond donors (Lipinski definition) is 1. The van der Waals surface area contributed by atoms with Gasteiger partial charge in [0.05, 0.1) is 0 Å². The monoisotopic (exact) mass is 312 g/mol. The molecule has 0 unspecified atom stereocenters. The predicted molar refractivity (Wildman–Crippen MR) is 94.8 cm³/mol. The van der Waals surface area contributed by atoms with Gasteiger partial charge in [-0.3, -0.25) is 9.69 Å². The van der Waals surface area contributed by atoms with Gasteiger partial charge >= 0.3 is 5.97 Å². The van der Waals surface area contributed by atoms with E-state index >= 15 is 0 Å². The molecule has 0 fully saturated rings. The van der Waals surface area contributed by atoms with Crippen LogP contribution in [-0.4, -0.2) is 35.5 Å². The van der Waals surface area contributed by atoms with Crippen LogP contribution in [0.5, 0.6) is 5.75 Å². The van der Waals surface area contributed by atoms with Gasteiger partial charge in [-0.25, -0.2) is 0 Å². The van der Waals surface area contributed by atoms with Crippen LogP contribution < -0.4 is 4.74 Å². The Morgan fingerprint density at radius 2 is 2.04 bits per heavy atom. The summed E-state index contributed by atoms with van der Waals surface area (Å²) in [7, 11) is 0. The van der Waals surface area contributed by atoms with Crippen molar-refractivity contribution in [1.82, 2.24) is 9.88 Å². The Kier molecular flexibility index (Phi) is 6.18. The van der Waals surface area contributed by atoms with Gasteiger partial charge < -0.3 is 9.72 Å². The summed E-state index contributed by atoms with van der Waals surface area (Å²) in [6.45, 7) is 12.0. The fourth-order valence-electron chi connectivity index (χ4n) is 2.53. The van der Waals surface area contributed by atoms with E-state index in [0.29, 0.717) is 12.2 Å². The summed E-state index contributed by atoms with van der Waals surface area (Å²) in [5, 5.41) is 1.10. The molecule has 23 heavy (non-hydrogen) atoms. The second-order valence-corrected chi connectivity index (χ2v) is 5.44. The predicted octanol–water partition coefficient (Wildman–Crippen LogP) is 3.70. The van der Waals surface area contributed by atoms with Crippen molar-refractivity contribution < 1.29 is 9.53 Å². The molecule has 0 saturated carbocycles. The summed E-state index contributed by atoms with van der Waals surface area (Å²) in [6.07, 6.45) is 7.11. The maximum absolute atomic E-state index is 11.4. The number of benzene rings is 1. The lowest BCUT2D eigenvalue weighted by Gasteiger charge is -2.18. The third-order valence-electron chi connectivity index (χ3n) is 3.73.